The summed E-state index contributed by atoms with van der Waals surface area (Å²) < 4.78 is 0. The molecular formula is C50H36N8. The molecule has 6 aromatic carbocycles. The zero-order chi connectivity index (χ0) is 39.3. The van der Waals surface area contributed by atoms with Gasteiger partial charge in [-0.1, -0.05) is 141 Å². The van der Waals surface area contributed by atoms with Crippen LogP contribution in [-0.4, -0.2) is 29.9 Å². The van der Waals surface area contributed by atoms with E-state index in [1.807, 2.05) is 158 Å². The summed E-state index contributed by atoms with van der Waals surface area (Å²) >= 11 is 0. The Morgan fingerprint density at radius 2 is 0.672 bits per heavy atom. The van der Waals surface area contributed by atoms with Crippen LogP contribution in [0.15, 0.2) is 158 Å². The van der Waals surface area contributed by atoms with Crippen molar-refractivity contribution in [2.24, 2.45) is 0 Å². The van der Waals surface area contributed by atoms with E-state index in [0.29, 0.717) is 46.1 Å². The molecule has 58 heavy (non-hydrogen) atoms. The fraction of sp³-hybridized carbons (Fsp3) is 0.120. The van der Waals surface area contributed by atoms with Gasteiger partial charge in [0.05, 0.1) is 23.3 Å². The van der Waals surface area contributed by atoms with Gasteiger partial charge in [0.15, 0.2) is 34.9 Å². The van der Waals surface area contributed by atoms with Crippen LogP contribution in [0.1, 0.15) is 54.4 Å². The highest BCUT2D eigenvalue weighted by Crippen LogP contribution is 2.51. The molecule has 0 N–H and O–H groups in total. The van der Waals surface area contributed by atoms with E-state index in [9.17, 15) is 10.5 Å². The van der Waals surface area contributed by atoms with E-state index in [4.69, 9.17) is 29.9 Å². The van der Waals surface area contributed by atoms with E-state index >= 15 is 0 Å². The Morgan fingerprint density at radius 3 is 0.983 bits per heavy atom. The first-order chi connectivity index (χ1) is 28.6. The summed E-state index contributed by atoms with van der Waals surface area (Å²) in [6.07, 6.45) is 4.47. The Bertz CT molecular complexity index is 2520. The molecule has 0 saturated heterocycles. The molecule has 0 unspecified atom stereocenters. The van der Waals surface area contributed by atoms with Crippen LogP contribution in [0, 0.1) is 22.7 Å². The minimum absolute atomic E-state index is 0.507. The summed E-state index contributed by atoms with van der Waals surface area (Å²) in [5.74, 6) is 3.22. The van der Waals surface area contributed by atoms with Gasteiger partial charge >= 0.3 is 0 Å². The normalized spacial score (nSPS) is 13.3. The van der Waals surface area contributed by atoms with Gasteiger partial charge in [0.1, 0.15) is 0 Å². The summed E-state index contributed by atoms with van der Waals surface area (Å²) in [6.45, 7) is 0. The van der Waals surface area contributed by atoms with E-state index in [0.717, 1.165) is 76.6 Å². The quantitative estimate of drug-likeness (QED) is 0.150. The molecule has 0 spiro atoms. The second-order valence-corrected chi connectivity index (χ2v) is 14.5. The summed E-state index contributed by atoms with van der Waals surface area (Å²) in [5.41, 5.74) is 7.32. The number of nitrogens with zero attached hydrogens (tertiary/aromatic N) is 8. The summed E-state index contributed by atoms with van der Waals surface area (Å²) in [5, 5.41) is 20.8. The average molecular weight is 749 g/mol. The van der Waals surface area contributed by atoms with Crippen LogP contribution in [0.25, 0.3) is 68.3 Å². The maximum Gasteiger partial charge on any atom is 0.164 e. The second-order valence-electron chi connectivity index (χ2n) is 14.5. The van der Waals surface area contributed by atoms with Gasteiger partial charge in [-0.15, -0.1) is 0 Å². The molecular weight excluding hydrogens is 713 g/mol. The monoisotopic (exact) mass is 748 g/mol. The predicted octanol–water partition coefficient (Wildman–Crippen LogP) is 11.1. The topological polar surface area (TPSA) is 125 Å². The number of rotatable bonds is 8. The smallest absolute Gasteiger partial charge is 0.164 e. The van der Waals surface area contributed by atoms with Crippen LogP contribution in [0.4, 0.5) is 0 Å². The van der Waals surface area contributed by atoms with Crippen LogP contribution < -0.4 is 0 Å². The van der Waals surface area contributed by atoms with Crippen molar-refractivity contribution >= 4 is 0 Å². The van der Waals surface area contributed by atoms with Crippen LogP contribution in [-0.2, 0) is 5.41 Å². The van der Waals surface area contributed by atoms with E-state index in [1.165, 1.54) is 0 Å². The Kier molecular flexibility index (Phi) is 9.82. The van der Waals surface area contributed by atoms with Gasteiger partial charge in [-0.2, -0.15) is 10.5 Å². The molecule has 0 bridgehead atoms. The number of nitriles is 2. The van der Waals surface area contributed by atoms with Crippen molar-refractivity contribution in [3.8, 4) is 80.5 Å². The fourth-order valence-corrected chi connectivity index (χ4v) is 8.11. The third-order valence-corrected chi connectivity index (χ3v) is 10.9. The Labute approximate surface area is 337 Å². The third kappa shape index (κ3) is 7.00. The first-order valence-electron chi connectivity index (χ1n) is 19.5. The largest absolute Gasteiger partial charge is 0.208 e. The lowest BCUT2D eigenvalue weighted by Crippen LogP contribution is -2.32. The fourth-order valence-electron chi connectivity index (χ4n) is 8.11. The molecule has 1 aliphatic carbocycles. The minimum Gasteiger partial charge on any atom is -0.208 e. The van der Waals surface area contributed by atoms with Crippen molar-refractivity contribution in [3.05, 3.63) is 180 Å². The number of aromatic nitrogens is 6. The predicted molar refractivity (Wildman–Crippen MR) is 226 cm³/mol. The lowest BCUT2D eigenvalue weighted by atomic mass is 9.62. The van der Waals surface area contributed by atoms with Gasteiger partial charge in [-0.3, -0.25) is 0 Å². The van der Waals surface area contributed by atoms with Crippen LogP contribution in [0.5, 0.6) is 0 Å². The first kappa shape index (κ1) is 36.0. The highest BCUT2D eigenvalue weighted by Gasteiger charge is 2.41. The van der Waals surface area contributed by atoms with Crippen molar-refractivity contribution in [1.29, 1.82) is 10.5 Å². The molecule has 8 nitrogen and oxygen atoms in total. The standard InChI is InChI=1S/C50H36N8/c51-32-34-24-26-40(48-55-44(36-16-6-1-7-17-36)53-45(56-48)37-18-8-2-9-19-37)42(30-34)50(28-14-5-15-29-50)43-31-35(33-52)25-27-41(43)49-57-46(38-20-10-3-11-21-38)54-47(58-49)39-22-12-4-13-23-39/h1-4,6-13,16-27,30-31H,5,14-15,28-29H2. The SMILES string of the molecule is N#Cc1ccc(-c2nc(-c3ccccc3)nc(-c3ccccc3)n2)c(C2(c3cc(C#N)ccc3-c3nc(-c4ccccc4)nc(-c4ccccc4)n3)CCCCC2)c1. The van der Waals surface area contributed by atoms with Crippen LogP contribution in [0.3, 0.4) is 0 Å². The van der Waals surface area contributed by atoms with Gasteiger partial charge in [-0.25, -0.2) is 29.9 Å². The van der Waals surface area contributed by atoms with Gasteiger partial charge in [-0.05, 0) is 60.4 Å². The lowest BCUT2D eigenvalue weighted by Gasteiger charge is -2.41. The maximum absolute atomic E-state index is 10.4. The molecule has 1 saturated carbocycles. The van der Waals surface area contributed by atoms with Crippen LogP contribution in [0.2, 0.25) is 0 Å². The number of hydrogen-bond donors (Lipinski definition) is 0. The van der Waals surface area contributed by atoms with E-state index in [1.54, 1.807) is 0 Å². The van der Waals surface area contributed by atoms with Gasteiger partial charge in [0.25, 0.3) is 0 Å². The van der Waals surface area contributed by atoms with Gasteiger partial charge in [0, 0.05) is 38.8 Å². The maximum atomic E-state index is 10.4. The number of benzene rings is 6. The third-order valence-electron chi connectivity index (χ3n) is 10.9. The van der Waals surface area contributed by atoms with Crippen molar-refractivity contribution < 1.29 is 0 Å². The highest BCUT2D eigenvalue weighted by molar-refractivity contribution is 5.75. The summed E-state index contributed by atoms with van der Waals surface area (Å²) in [6, 6.07) is 56.1. The summed E-state index contributed by atoms with van der Waals surface area (Å²) in [4.78, 5) is 30.5. The lowest BCUT2D eigenvalue weighted by molar-refractivity contribution is 0.347. The molecule has 2 aromatic heterocycles. The second kappa shape index (κ2) is 15.8. The number of hydrogen-bond acceptors (Lipinski definition) is 8. The molecule has 1 fully saturated rings. The Morgan fingerprint density at radius 1 is 0.362 bits per heavy atom. The van der Waals surface area contributed by atoms with Crippen LogP contribution >= 0.6 is 0 Å². The molecule has 0 aliphatic heterocycles. The molecule has 0 atom stereocenters. The molecule has 9 rings (SSSR count). The first-order valence-corrected chi connectivity index (χ1v) is 19.5. The molecule has 276 valence electrons. The average Bonchev–Trinajstić information content (AvgIpc) is 3.32. The van der Waals surface area contributed by atoms with Gasteiger partial charge < -0.3 is 0 Å². The highest BCUT2D eigenvalue weighted by atomic mass is 15.0. The Hall–Kier alpha value is -7.68. The van der Waals surface area contributed by atoms with Crippen molar-refractivity contribution in [2.45, 2.75) is 37.5 Å². The summed E-state index contributed by atoms with van der Waals surface area (Å²) in [7, 11) is 0. The van der Waals surface area contributed by atoms with Crippen molar-refractivity contribution in [2.75, 3.05) is 0 Å². The van der Waals surface area contributed by atoms with Crippen molar-refractivity contribution in [1.82, 2.24) is 29.9 Å². The van der Waals surface area contributed by atoms with Gasteiger partial charge in [0.2, 0.25) is 0 Å². The molecule has 8 heteroatoms. The van der Waals surface area contributed by atoms with E-state index in [2.05, 4.69) is 12.1 Å². The van der Waals surface area contributed by atoms with E-state index in [-0.39, 0.29) is 0 Å². The van der Waals surface area contributed by atoms with Crippen molar-refractivity contribution in [3.63, 3.8) is 0 Å². The zero-order valence-electron chi connectivity index (χ0n) is 31.6. The molecule has 0 amide bonds. The molecule has 0 radical (unpaired) electrons. The molecule has 1 aliphatic rings. The molecule has 8 aromatic rings. The zero-order valence-corrected chi connectivity index (χ0v) is 31.6. The Balaban J connectivity index is 1.31. The minimum atomic E-state index is -0.665. The van der Waals surface area contributed by atoms with E-state index < -0.39 is 5.41 Å². The molecule has 2 heterocycles.